The molecule has 7 nitrogen and oxygen atoms in total. The average Bonchev–Trinajstić information content (AvgIpc) is 3.26. The van der Waals surface area contributed by atoms with Gasteiger partial charge in [0.2, 0.25) is 11.8 Å². The van der Waals surface area contributed by atoms with Crippen molar-refractivity contribution in [3.63, 3.8) is 0 Å². The molecule has 0 spiro atoms. The van der Waals surface area contributed by atoms with Gasteiger partial charge in [0.05, 0.1) is 41.8 Å². The van der Waals surface area contributed by atoms with E-state index in [1.54, 1.807) is 19.1 Å². The lowest BCUT2D eigenvalue weighted by molar-refractivity contribution is -0.123. The van der Waals surface area contributed by atoms with Crippen LogP contribution in [0.3, 0.4) is 0 Å². The van der Waals surface area contributed by atoms with Crippen molar-refractivity contribution < 1.29 is 19.1 Å². The molecule has 31 heavy (non-hydrogen) atoms. The van der Waals surface area contributed by atoms with Gasteiger partial charge in [-0.3, -0.25) is 9.59 Å². The SMILES string of the molecule is CCOC(=O)c1ccc(N2C(=O)[C@@H]3[C@H](C2=O)[C@@H]2c4ccccc4C=CN2[C@@H]3C#N)cc1. The Balaban J connectivity index is 1.52. The number of hydrogen-bond acceptors (Lipinski definition) is 6. The van der Waals surface area contributed by atoms with Crippen molar-refractivity contribution in [2.24, 2.45) is 11.8 Å². The highest BCUT2D eigenvalue weighted by molar-refractivity contribution is 6.23. The molecule has 4 atom stereocenters. The molecule has 0 radical (unpaired) electrons. The van der Waals surface area contributed by atoms with Gasteiger partial charge in [-0.15, -0.1) is 0 Å². The number of esters is 1. The summed E-state index contributed by atoms with van der Waals surface area (Å²) in [7, 11) is 0. The summed E-state index contributed by atoms with van der Waals surface area (Å²) >= 11 is 0. The highest BCUT2D eigenvalue weighted by Crippen LogP contribution is 2.52. The number of carbonyl (C=O) groups is 3. The molecule has 0 unspecified atom stereocenters. The van der Waals surface area contributed by atoms with Crippen LogP contribution in [0, 0.1) is 23.2 Å². The van der Waals surface area contributed by atoms with Crippen molar-refractivity contribution in [1.82, 2.24) is 4.90 Å². The largest absolute Gasteiger partial charge is 0.462 e. The van der Waals surface area contributed by atoms with Crippen molar-refractivity contribution in [3.8, 4) is 6.07 Å². The molecular weight excluding hydrogens is 394 g/mol. The number of fused-ring (bicyclic) bond motifs is 5. The number of carbonyl (C=O) groups excluding carboxylic acids is 3. The maximum Gasteiger partial charge on any atom is 0.338 e. The van der Waals surface area contributed by atoms with E-state index < -0.39 is 23.8 Å². The van der Waals surface area contributed by atoms with Gasteiger partial charge in [0.1, 0.15) is 6.04 Å². The number of benzene rings is 2. The first-order valence-electron chi connectivity index (χ1n) is 10.2. The second-order valence-electron chi connectivity index (χ2n) is 7.74. The molecule has 5 rings (SSSR count). The molecule has 0 saturated carbocycles. The van der Waals surface area contributed by atoms with Crippen LogP contribution >= 0.6 is 0 Å². The first-order valence-corrected chi connectivity index (χ1v) is 10.2. The Bertz CT molecular complexity index is 1160. The zero-order chi connectivity index (χ0) is 21.7. The van der Waals surface area contributed by atoms with Crippen molar-refractivity contribution in [3.05, 3.63) is 71.4 Å². The molecule has 3 heterocycles. The number of hydrogen-bond donors (Lipinski definition) is 0. The fourth-order valence-electron chi connectivity index (χ4n) is 4.92. The van der Waals surface area contributed by atoms with Gasteiger partial charge in [-0.2, -0.15) is 5.26 Å². The lowest BCUT2D eigenvalue weighted by Gasteiger charge is -2.33. The Morgan fingerprint density at radius 3 is 2.48 bits per heavy atom. The fourth-order valence-corrected chi connectivity index (χ4v) is 4.92. The van der Waals surface area contributed by atoms with Crippen LogP contribution in [-0.4, -0.2) is 35.3 Å². The van der Waals surface area contributed by atoms with Gasteiger partial charge >= 0.3 is 5.97 Å². The Morgan fingerprint density at radius 2 is 1.77 bits per heavy atom. The number of anilines is 1. The van der Waals surface area contributed by atoms with E-state index in [-0.39, 0.29) is 24.5 Å². The first-order chi connectivity index (χ1) is 15.1. The topological polar surface area (TPSA) is 90.7 Å². The van der Waals surface area contributed by atoms with Crippen LogP contribution in [0.5, 0.6) is 0 Å². The standard InChI is InChI=1S/C24H19N3O4/c1-2-31-24(30)15-7-9-16(10-8-15)27-22(28)19-18(13-25)26-12-11-14-5-3-4-6-17(14)21(26)20(19)23(27)29/h3-12,18-21H,2H2,1H3/t18-,19+,20+,21+/m1/s1. The molecule has 0 aliphatic carbocycles. The van der Waals surface area contributed by atoms with E-state index >= 15 is 0 Å². The van der Waals surface area contributed by atoms with Gasteiger partial charge in [-0.25, -0.2) is 9.69 Å². The number of nitriles is 1. The molecule has 7 heteroatoms. The molecule has 2 amide bonds. The van der Waals surface area contributed by atoms with Crippen LogP contribution in [0.2, 0.25) is 0 Å². The van der Waals surface area contributed by atoms with E-state index in [2.05, 4.69) is 6.07 Å². The maximum absolute atomic E-state index is 13.5. The van der Waals surface area contributed by atoms with Crippen LogP contribution in [0.25, 0.3) is 6.08 Å². The van der Waals surface area contributed by atoms with Gasteiger partial charge in [0.15, 0.2) is 0 Å². The zero-order valence-corrected chi connectivity index (χ0v) is 16.8. The van der Waals surface area contributed by atoms with Crippen LogP contribution in [0.15, 0.2) is 54.7 Å². The lowest BCUT2D eigenvalue weighted by atomic mass is 9.85. The van der Waals surface area contributed by atoms with E-state index in [1.807, 2.05) is 41.4 Å². The van der Waals surface area contributed by atoms with E-state index in [0.717, 1.165) is 16.0 Å². The molecule has 2 fully saturated rings. The summed E-state index contributed by atoms with van der Waals surface area (Å²) in [5, 5.41) is 9.85. The van der Waals surface area contributed by atoms with Crippen molar-refractivity contribution in [2.45, 2.75) is 19.0 Å². The third kappa shape index (κ3) is 2.68. The van der Waals surface area contributed by atoms with Gasteiger partial charge < -0.3 is 9.64 Å². The van der Waals surface area contributed by atoms with E-state index in [4.69, 9.17) is 4.74 Å². The second-order valence-corrected chi connectivity index (χ2v) is 7.74. The Labute approximate surface area is 179 Å². The Kier molecular flexibility index (Phi) is 4.36. The van der Waals surface area contributed by atoms with Crippen LogP contribution in [-0.2, 0) is 14.3 Å². The second kappa shape index (κ2) is 7.10. The summed E-state index contributed by atoms with van der Waals surface area (Å²) in [6.45, 7) is 1.98. The highest BCUT2D eigenvalue weighted by atomic mass is 16.5. The van der Waals surface area contributed by atoms with Crippen molar-refractivity contribution in [1.29, 1.82) is 5.26 Å². The number of amides is 2. The molecule has 2 aromatic rings. The van der Waals surface area contributed by atoms with E-state index in [1.165, 1.54) is 12.1 Å². The average molecular weight is 413 g/mol. The number of ether oxygens (including phenoxy) is 1. The molecule has 0 N–H and O–H groups in total. The quantitative estimate of drug-likeness (QED) is 0.568. The predicted molar refractivity (Wildman–Crippen MR) is 111 cm³/mol. The highest BCUT2D eigenvalue weighted by Gasteiger charge is 2.63. The molecule has 3 aliphatic heterocycles. The van der Waals surface area contributed by atoms with Gasteiger partial charge in [-0.1, -0.05) is 24.3 Å². The molecule has 3 aliphatic rings. The summed E-state index contributed by atoms with van der Waals surface area (Å²) in [4.78, 5) is 41.8. The Hall–Kier alpha value is -3.92. The Morgan fingerprint density at radius 1 is 1.06 bits per heavy atom. The smallest absolute Gasteiger partial charge is 0.338 e. The molecule has 0 bridgehead atoms. The summed E-state index contributed by atoms with van der Waals surface area (Å²) in [6, 6.07) is 15.1. The maximum atomic E-state index is 13.5. The minimum atomic E-state index is -0.747. The van der Waals surface area contributed by atoms with Crippen LogP contribution in [0.4, 0.5) is 5.69 Å². The normalized spacial score (nSPS) is 25.7. The molecular formula is C24H19N3O4. The molecule has 0 aromatic heterocycles. The summed E-state index contributed by atoms with van der Waals surface area (Å²) < 4.78 is 4.98. The molecule has 2 saturated heterocycles. The van der Waals surface area contributed by atoms with Crippen molar-refractivity contribution >= 4 is 29.5 Å². The zero-order valence-electron chi connectivity index (χ0n) is 16.8. The first kappa shape index (κ1) is 19.1. The van der Waals surface area contributed by atoms with E-state index in [0.29, 0.717) is 11.3 Å². The summed E-state index contributed by atoms with van der Waals surface area (Å²) in [5.41, 5.74) is 2.66. The van der Waals surface area contributed by atoms with Crippen molar-refractivity contribution in [2.75, 3.05) is 11.5 Å². The lowest BCUT2D eigenvalue weighted by Crippen LogP contribution is -2.40. The molecule has 154 valence electrons. The molecule has 2 aromatic carbocycles. The monoisotopic (exact) mass is 413 g/mol. The minimum Gasteiger partial charge on any atom is -0.462 e. The minimum absolute atomic E-state index is 0.260. The number of rotatable bonds is 3. The third-order valence-electron chi connectivity index (χ3n) is 6.23. The van der Waals surface area contributed by atoms with Gasteiger partial charge in [0.25, 0.3) is 0 Å². The van der Waals surface area contributed by atoms with Gasteiger partial charge in [-0.05, 0) is 48.4 Å². The fraction of sp³-hybridized carbons (Fsp3) is 0.250. The predicted octanol–water partition coefficient (Wildman–Crippen LogP) is 2.90. The summed E-state index contributed by atoms with van der Waals surface area (Å²) in [6.07, 6.45) is 3.73. The van der Waals surface area contributed by atoms with E-state index in [9.17, 15) is 19.6 Å². The van der Waals surface area contributed by atoms with Gasteiger partial charge in [0, 0.05) is 6.20 Å². The summed E-state index contributed by atoms with van der Waals surface area (Å²) in [5.74, 6) is -2.56. The third-order valence-corrected chi connectivity index (χ3v) is 6.23. The van der Waals surface area contributed by atoms with Crippen LogP contribution < -0.4 is 4.90 Å². The number of imide groups is 1. The van der Waals surface area contributed by atoms with Crippen LogP contribution in [0.1, 0.15) is 34.5 Å². The number of nitrogens with zero attached hydrogens (tertiary/aromatic N) is 3.